The Balaban J connectivity index is 2.00. The van der Waals surface area contributed by atoms with Gasteiger partial charge in [0.05, 0.1) is 5.69 Å². The maximum absolute atomic E-state index is 12.3. The third kappa shape index (κ3) is 5.18. The van der Waals surface area contributed by atoms with Crippen molar-refractivity contribution in [3.8, 4) is 11.5 Å². The third-order valence-corrected chi connectivity index (χ3v) is 3.04. The maximum atomic E-state index is 12.3. The average molecular weight is 311 g/mol. The number of carbonyl (C=O) groups excluding carboxylic acids is 1. The van der Waals surface area contributed by atoms with Crippen molar-refractivity contribution in [2.75, 3.05) is 11.9 Å². The zero-order chi connectivity index (χ0) is 16.7. The Bertz CT molecular complexity index is 667. The number of rotatable bonds is 7. The van der Waals surface area contributed by atoms with E-state index in [4.69, 9.17) is 9.47 Å². The first-order valence-corrected chi connectivity index (χ1v) is 7.45. The lowest BCUT2D eigenvalue weighted by molar-refractivity contribution is -0.122. The van der Waals surface area contributed by atoms with Crippen molar-refractivity contribution in [1.29, 1.82) is 0 Å². The van der Waals surface area contributed by atoms with Gasteiger partial charge in [0.1, 0.15) is 18.1 Å². The first-order valence-electron chi connectivity index (χ1n) is 7.45. The number of benzene rings is 2. The van der Waals surface area contributed by atoms with Crippen molar-refractivity contribution in [1.82, 2.24) is 0 Å². The fraction of sp³-hybridized carbons (Fsp3) is 0.211. The van der Waals surface area contributed by atoms with Gasteiger partial charge in [0, 0.05) is 0 Å². The predicted molar refractivity (Wildman–Crippen MR) is 91.9 cm³/mol. The predicted octanol–water partition coefficient (Wildman–Crippen LogP) is 4.05. The second-order valence-electron chi connectivity index (χ2n) is 5.30. The van der Waals surface area contributed by atoms with Gasteiger partial charge in [-0.3, -0.25) is 4.79 Å². The van der Waals surface area contributed by atoms with Crippen molar-refractivity contribution in [3.63, 3.8) is 0 Å². The van der Waals surface area contributed by atoms with Gasteiger partial charge in [0.2, 0.25) is 0 Å². The van der Waals surface area contributed by atoms with E-state index in [0.29, 0.717) is 23.8 Å². The molecule has 0 spiro atoms. The number of hydrogen-bond donors (Lipinski definition) is 1. The minimum absolute atomic E-state index is 0.236. The van der Waals surface area contributed by atoms with Gasteiger partial charge < -0.3 is 14.8 Å². The molecule has 2 rings (SSSR count). The molecule has 0 saturated heterocycles. The summed E-state index contributed by atoms with van der Waals surface area (Å²) in [6.45, 7) is 7.80. The van der Waals surface area contributed by atoms with E-state index in [0.717, 1.165) is 5.57 Å². The highest BCUT2D eigenvalue weighted by atomic mass is 16.5. The van der Waals surface area contributed by atoms with E-state index >= 15 is 0 Å². The largest absolute Gasteiger partial charge is 0.487 e. The quantitative estimate of drug-likeness (QED) is 0.785. The fourth-order valence-corrected chi connectivity index (χ4v) is 1.89. The number of carbonyl (C=O) groups is 1. The zero-order valence-electron chi connectivity index (χ0n) is 13.4. The first-order chi connectivity index (χ1) is 11.1. The normalized spacial score (nSPS) is 11.4. The van der Waals surface area contributed by atoms with Crippen LogP contribution in [0.2, 0.25) is 0 Å². The monoisotopic (exact) mass is 311 g/mol. The number of hydrogen-bond acceptors (Lipinski definition) is 3. The molecule has 1 amide bonds. The van der Waals surface area contributed by atoms with Crippen LogP contribution in [-0.4, -0.2) is 18.6 Å². The SMILES string of the molecule is C=C(C)COc1ccccc1NC(=O)[C@@H](C)Oc1ccccc1. The number of ether oxygens (including phenoxy) is 2. The molecule has 0 aliphatic carbocycles. The topological polar surface area (TPSA) is 47.6 Å². The van der Waals surface area contributed by atoms with Gasteiger partial charge in [0.25, 0.3) is 5.91 Å². The molecule has 0 aliphatic heterocycles. The highest BCUT2D eigenvalue weighted by Crippen LogP contribution is 2.24. The van der Waals surface area contributed by atoms with Crippen molar-refractivity contribution in [3.05, 3.63) is 66.7 Å². The summed E-state index contributed by atoms with van der Waals surface area (Å²) in [5, 5.41) is 2.84. The first kappa shape index (κ1) is 16.6. The van der Waals surface area contributed by atoms with E-state index in [-0.39, 0.29) is 5.91 Å². The molecule has 1 atom stereocenters. The number of amides is 1. The molecule has 0 bridgehead atoms. The summed E-state index contributed by atoms with van der Waals surface area (Å²) in [5.41, 5.74) is 1.52. The highest BCUT2D eigenvalue weighted by Gasteiger charge is 2.16. The summed E-state index contributed by atoms with van der Waals surface area (Å²) in [4.78, 5) is 12.3. The standard InChI is InChI=1S/C19H21NO3/c1-14(2)13-22-18-12-8-7-11-17(18)20-19(21)15(3)23-16-9-5-4-6-10-16/h4-12,15H,1,13H2,2-3H3,(H,20,21)/t15-/m1/s1. The molecule has 1 N–H and O–H groups in total. The van der Waals surface area contributed by atoms with Crippen LogP contribution in [0, 0.1) is 0 Å². The van der Waals surface area contributed by atoms with Crippen molar-refractivity contribution in [2.24, 2.45) is 0 Å². The second-order valence-corrected chi connectivity index (χ2v) is 5.30. The lowest BCUT2D eigenvalue weighted by Crippen LogP contribution is -2.30. The fourth-order valence-electron chi connectivity index (χ4n) is 1.89. The molecule has 0 aromatic heterocycles. The van der Waals surface area contributed by atoms with Gasteiger partial charge in [-0.25, -0.2) is 0 Å². The van der Waals surface area contributed by atoms with Crippen LogP contribution in [0.1, 0.15) is 13.8 Å². The van der Waals surface area contributed by atoms with Gasteiger partial charge in [-0.1, -0.05) is 36.9 Å². The number of anilines is 1. The Labute approximate surface area is 136 Å². The summed E-state index contributed by atoms with van der Waals surface area (Å²) in [6, 6.07) is 16.5. The van der Waals surface area contributed by atoms with Crippen LogP contribution in [0.3, 0.4) is 0 Å². The molecule has 0 fully saturated rings. The molecule has 4 heteroatoms. The van der Waals surface area contributed by atoms with Crippen LogP contribution in [0.5, 0.6) is 11.5 Å². The lowest BCUT2D eigenvalue weighted by atomic mass is 10.2. The van der Waals surface area contributed by atoms with E-state index in [1.165, 1.54) is 0 Å². The minimum Gasteiger partial charge on any atom is -0.487 e. The average Bonchev–Trinajstić information content (AvgIpc) is 2.54. The van der Waals surface area contributed by atoms with Gasteiger partial charge >= 0.3 is 0 Å². The van der Waals surface area contributed by atoms with Gasteiger partial charge in [-0.2, -0.15) is 0 Å². The molecule has 2 aromatic carbocycles. The van der Waals surface area contributed by atoms with E-state index in [1.807, 2.05) is 49.4 Å². The Hall–Kier alpha value is -2.75. The van der Waals surface area contributed by atoms with Crippen LogP contribution >= 0.6 is 0 Å². The molecule has 0 heterocycles. The van der Waals surface area contributed by atoms with Gasteiger partial charge in [-0.15, -0.1) is 0 Å². The molecule has 0 radical (unpaired) electrons. The van der Waals surface area contributed by atoms with E-state index in [9.17, 15) is 4.79 Å². The molecular weight excluding hydrogens is 290 g/mol. The number of nitrogens with one attached hydrogen (secondary N) is 1. The van der Waals surface area contributed by atoms with Crippen LogP contribution in [0.15, 0.2) is 66.7 Å². The maximum Gasteiger partial charge on any atom is 0.265 e. The number of para-hydroxylation sites is 3. The van der Waals surface area contributed by atoms with Crippen LogP contribution < -0.4 is 14.8 Å². The van der Waals surface area contributed by atoms with Crippen molar-refractivity contribution >= 4 is 11.6 Å². The highest BCUT2D eigenvalue weighted by molar-refractivity contribution is 5.95. The summed E-state index contributed by atoms with van der Waals surface area (Å²) in [6.07, 6.45) is -0.619. The Morgan fingerprint density at radius 2 is 1.78 bits per heavy atom. The molecule has 0 saturated carbocycles. The minimum atomic E-state index is -0.619. The molecule has 4 nitrogen and oxygen atoms in total. The van der Waals surface area contributed by atoms with E-state index in [2.05, 4.69) is 11.9 Å². The van der Waals surface area contributed by atoms with Crippen LogP contribution in [0.25, 0.3) is 0 Å². The van der Waals surface area contributed by atoms with Crippen LogP contribution in [0.4, 0.5) is 5.69 Å². The molecular formula is C19H21NO3. The molecule has 120 valence electrons. The van der Waals surface area contributed by atoms with E-state index < -0.39 is 6.10 Å². The third-order valence-electron chi connectivity index (χ3n) is 3.04. The van der Waals surface area contributed by atoms with Gasteiger partial charge in [0.15, 0.2) is 6.10 Å². The second kappa shape index (κ2) is 8.03. The Kier molecular flexibility index (Phi) is 5.80. The zero-order valence-corrected chi connectivity index (χ0v) is 13.4. The Morgan fingerprint density at radius 3 is 2.48 bits per heavy atom. The summed E-state index contributed by atoms with van der Waals surface area (Å²) >= 11 is 0. The molecule has 0 unspecified atom stereocenters. The molecule has 0 aliphatic rings. The molecule has 2 aromatic rings. The summed E-state index contributed by atoms with van der Waals surface area (Å²) < 4.78 is 11.3. The van der Waals surface area contributed by atoms with Gasteiger partial charge in [-0.05, 0) is 43.7 Å². The smallest absolute Gasteiger partial charge is 0.265 e. The van der Waals surface area contributed by atoms with Crippen LogP contribution in [-0.2, 0) is 4.79 Å². The Morgan fingerprint density at radius 1 is 1.13 bits per heavy atom. The summed E-state index contributed by atoms with van der Waals surface area (Å²) in [7, 11) is 0. The molecule has 23 heavy (non-hydrogen) atoms. The van der Waals surface area contributed by atoms with Crippen molar-refractivity contribution in [2.45, 2.75) is 20.0 Å². The van der Waals surface area contributed by atoms with E-state index in [1.54, 1.807) is 19.1 Å². The van der Waals surface area contributed by atoms with Crippen molar-refractivity contribution < 1.29 is 14.3 Å². The summed E-state index contributed by atoms with van der Waals surface area (Å²) in [5.74, 6) is 1.03. The lowest BCUT2D eigenvalue weighted by Gasteiger charge is -2.16.